The summed E-state index contributed by atoms with van der Waals surface area (Å²) in [5, 5.41) is 196. The summed E-state index contributed by atoms with van der Waals surface area (Å²) in [6.07, 6.45) is -58.5. The Morgan fingerprint density at radius 2 is 0.303 bits per heavy atom. The topological polar surface area (TPSA) is 475 Å². The van der Waals surface area contributed by atoms with Gasteiger partial charge in [0.15, 0.2) is 37.7 Å². The van der Waals surface area contributed by atoms with Gasteiger partial charge in [0.1, 0.15) is 146 Å². The quantitative estimate of drug-likeness (QED) is 0.117. The summed E-state index contributed by atoms with van der Waals surface area (Å²) < 4.78 is 67.9. The van der Waals surface area contributed by atoms with Gasteiger partial charge in [-0.3, -0.25) is 0 Å². The van der Waals surface area contributed by atoms with Crippen molar-refractivity contribution < 1.29 is 149 Å². The minimum atomic E-state index is -2.15. The van der Waals surface area contributed by atoms with E-state index >= 15 is 0 Å². The third-order valence-electron chi connectivity index (χ3n) is 12.7. The SMILES string of the molecule is OC[C@H]1OC2OC3[C@@H](CO)OC(OC4[C@@H](CO)OC(OC5[C@@H](CO)OC(OC6[C@@H](CO)OC(O[C@H]7[C@H](O)[C@@H](O)C(OC1C(O)[C@H]2O)O[C@@H]7CO)[C@H](O)[C@H]6O)[C@H](O)[C@H]5O)[C@H](O)[C@H]4O)[C@H](O)[C@H]3O. The van der Waals surface area contributed by atoms with Crippen LogP contribution in [0.25, 0.3) is 0 Å². The third kappa shape index (κ3) is 10.0. The largest absolute Gasteiger partial charge is 0.394 e. The number of hydrogen-bond donors (Lipinski definition) is 18. The molecule has 66 heavy (non-hydrogen) atoms. The van der Waals surface area contributed by atoms with Crippen molar-refractivity contribution in [2.45, 2.75) is 184 Å². The van der Waals surface area contributed by atoms with Crippen molar-refractivity contribution in [3.63, 3.8) is 0 Å². The Morgan fingerprint density at radius 1 is 0.182 bits per heavy atom. The van der Waals surface area contributed by atoms with Gasteiger partial charge >= 0.3 is 0 Å². The summed E-state index contributed by atoms with van der Waals surface area (Å²) in [7, 11) is 0. The molecule has 22 saturated heterocycles. The molecule has 12 bridgehead atoms. The van der Waals surface area contributed by atoms with Crippen molar-refractivity contribution in [3.8, 4) is 0 Å². The molecule has 30 heteroatoms. The molecular formula is C36H60O30. The van der Waals surface area contributed by atoms with Gasteiger partial charge in [-0.2, -0.15) is 0 Å². The Balaban J connectivity index is 1.19. The van der Waals surface area contributed by atoms with Crippen LogP contribution in [0.5, 0.6) is 0 Å². The maximum Gasteiger partial charge on any atom is 0.187 e. The van der Waals surface area contributed by atoms with E-state index in [2.05, 4.69) is 0 Å². The Labute approximate surface area is 372 Å². The van der Waals surface area contributed by atoms with Crippen molar-refractivity contribution >= 4 is 0 Å². The average molecular weight is 973 g/mol. The first kappa shape index (κ1) is 52.6. The van der Waals surface area contributed by atoms with Crippen LogP contribution in [0.1, 0.15) is 0 Å². The van der Waals surface area contributed by atoms with E-state index in [0.717, 1.165) is 0 Å². The monoisotopic (exact) mass is 972 g/mol. The zero-order valence-electron chi connectivity index (χ0n) is 34.5. The normalized spacial score (nSPS) is 55.4. The molecule has 0 aromatic carbocycles. The van der Waals surface area contributed by atoms with Gasteiger partial charge in [-0.25, -0.2) is 0 Å². The van der Waals surface area contributed by atoms with Crippen LogP contribution in [0.4, 0.5) is 0 Å². The fourth-order valence-electron chi connectivity index (χ4n) is 8.93. The molecule has 30 atom stereocenters. The van der Waals surface area contributed by atoms with Gasteiger partial charge in [0.2, 0.25) is 0 Å². The van der Waals surface area contributed by atoms with Crippen LogP contribution in [0.2, 0.25) is 0 Å². The molecule has 22 rings (SSSR count). The molecule has 0 saturated carbocycles. The van der Waals surface area contributed by atoms with Crippen LogP contribution in [0.15, 0.2) is 0 Å². The molecule has 22 aliphatic heterocycles. The fraction of sp³-hybridized carbons (Fsp3) is 1.00. The van der Waals surface area contributed by atoms with Crippen LogP contribution in [-0.2, 0) is 56.8 Å². The van der Waals surface area contributed by atoms with E-state index in [1.807, 2.05) is 0 Å². The Morgan fingerprint density at radius 3 is 0.409 bits per heavy atom. The molecule has 12 unspecified atom stereocenters. The van der Waals surface area contributed by atoms with E-state index in [1.165, 1.54) is 0 Å². The second-order valence-corrected chi connectivity index (χ2v) is 16.8. The van der Waals surface area contributed by atoms with E-state index in [1.54, 1.807) is 0 Å². The molecule has 22 heterocycles. The van der Waals surface area contributed by atoms with Gasteiger partial charge < -0.3 is 149 Å². The average Bonchev–Trinajstić information content (AvgIpc) is 3.31. The maximum atomic E-state index is 11.2. The molecule has 22 fully saturated rings. The minimum Gasteiger partial charge on any atom is -0.394 e. The van der Waals surface area contributed by atoms with E-state index < -0.39 is 224 Å². The molecule has 0 amide bonds. The third-order valence-corrected chi connectivity index (χ3v) is 12.7. The first-order valence-corrected chi connectivity index (χ1v) is 21.1. The first-order chi connectivity index (χ1) is 31.4. The molecule has 0 radical (unpaired) electrons. The van der Waals surface area contributed by atoms with Gasteiger partial charge in [-0.05, 0) is 0 Å². The van der Waals surface area contributed by atoms with E-state index in [-0.39, 0.29) is 0 Å². The maximum absolute atomic E-state index is 11.2. The molecule has 18 N–H and O–H groups in total. The van der Waals surface area contributed by atoms with Gasteiger partial charge in [0.25, 0.3) is 0 Å². The molecule has 384 valence electrons. The molecule has 0 aliphatic carbocycles. The number of ether oxygens (including phenoxy) is 12. The zero-order valence-corrected chi connectivity index (χ0v) is 34.5. The highest BCUT2D eigenvalue weighted by atomic mass is 16.8. The fourth-order valence-corrected chi connectivity index (χ4v) is 8.93. The van der Waals surface area contributed by atoms with Crippen molar-refractivity contribution in [1.29, 1.82) is 0 Å². The Kier molecular flexibility index (Phi) is 17.6. The lowest BCUT2D eigenvalue weighted by atomic mass is 9.94. The molecule has 0 spiro atoms. The Hall–Kier alpha value is -1.20. The predicted molar refractivity (Wildman–Crippen MR) is 196 cm³/mol. The summed E-state index contributed by atoms with van der Waals surface area (Å²) >= 11 is 0. The molecule has 0 aromatic heterocycles. The van der Waals surface area contributed by atoms with Crippen LogP contribution < -0.4 is 0 Å². The standard InChI is InChI=1S/C36H60O30/c37-1-7-25-13(43)19(49)31(55-7)62-26-8(2-38)57-33(21(51)15(26)45)64-28-10(4-40)59-35(23(53)17(28)47)66-30-12(6-42)60-36(24(54)18(30)48)65-29-11(5-41)58-34(22(52)16(29)46)63-27-9(3-39)56-32(61-25)20(50)14(27)44/h7-54H,1-6H2/t7-,8-,9-,10-,11-,12-,13-,14-,15-,16-,17-,18?,19-,20-,21-,22-,23-,24-,25?,26?,27?,28-,29?,30?,31?,32?,33?,34?,35?,36?/m1/s1. The second-order valence-electron chi connectivity index (χ2n) is 16.8. The number of aliphatic hydroxyl groups excluding tert-OH is 18. The smallest absolute Gasteiger partial charge is 0.187 e. The highest BCUT2D eigenvalue weighted by Crippen LogP contribution is 2.38. The van der Waals surface area contributed by atoms with E-state index in [9.17, 15) is 91.9 Å². The van der Waals surface area contributed by atoms with Crippen molar-refractivity contribution in [1.82, 2.24) is 0 Å². The predicted octanol–water partition coefficient (Wildman–Crippen LogP) is -13.1. The van der Waals surface area contributed by atoms with Crippen LogP contribution in [0.3, 0.4) is 0 Å². The summed E-state index contributed by atoms with van der Waals surface area (Å²) in [5.74, 6) is 0. The van der Waals surface area contributed by atoms with E-state index in [0.29, 0.717) is 0 Å². The van der Waals surface area contributed by atoms with Gasteiger partial charge in [0.05, 0.1) is 39.6 Å². The lowest BCUT2D eigenvalue weighted by Crippen LogP contribution is -2.69. The Bertz CT molecular complexity index is 1230. The first-order valence-electron chi connectivity index (χ1n) is 21.1. The van der Waals surface area contributed by atoms with E-state index in [4.69, 9.17) is 56.8 Å². The van der Waals surface area contributed by atoms with Gasteiger partial charge in [-0.1, -0.05) is 0 Å². The molecule has 30 nitrogen and oxygen atoms in total. The zero-order chi connectivity index (χ0) is 48.0. The number of rotatable bonds is 6. The number of hydrogen-bond acceptors (Lipinski definition) is 30. The molecule has 0 aromatic rings. The van der Waals surface area contributed by atoms with Crippen LogP contribution >= 0.6 is 0 Å². The lowest BCUT2D eigenvalue weighted by Gasteiger charge is -2.50. The van der Waals surface area contributed by atoms with Crippen molar-refractivity contribution in [2.75, 3.05) is 39.6 Å². The summed E-state index contributed by atoms with van der Waals surface area (Å²) in [6.45, 7) is -5.99. The molecular weight excluding hydrogens is 912 g/mol. The summed E-state index contributed by atoms with van der Waals surface area (Å²) in [6, 6.07) is 0. The highest BCUT2D eigenvalue weighted by molar-refractivity contribution is 5.01. The summed E-state index contributed by atoms with van der Waals surface area (Å²) in [4.78, 5) is 0. The second kappa shape index (κ2) is 22.1. The lowest BCUT2D eigenvalue weighted by molar-refractivity contribution is -0.404. The van der Waals surface area contributed by atoms with Crippen LogP contribution in [-0.4, -0.2) is 316 Å². The molecule has 22 aliphatic rings. The number of aliphatic hydroxyl groups is 18. The van der Waals surface area contributed by atoms with Crippen molar-refractivity contribution in [2.24, 2.45) is 0 Å². The van der Waals surface area contributed by atoms with Crippen molar-refractivity contribution in [3.05, 3.63) is 0 Å². The van der Waals surface area contributed by atoms with Crippen LogP contribution in [0, 0.1) is 0 Å². The minimum absolute atomic E-state index is 0.999. The van der Waals surface area contributed by atoms with Gasteiger partial charge in [0, 0.05) is 0 Å². The highest BCUT2D eigenvalue weighted by Gasteiger charge is 2.58. The summed E-state index contributed by atoms with van der Waals surface area (Å²) in [5.41, 5.74) is 0. The van der Waals surface area contributed by atoms with Gasteiger partial charge in [-0.15, -0.1) is 0 Å².